The van der Waals surface area contributed by atoms with Crippen LogP contribution in [0.2, 0.25) is 0 Å². The maximum absolute atomic E-state index is 12.9. The summed E-state index contributed by atoms with van der Waals surface area (Å²) in [5.41, 5.74) is 2.46. The smallest absolute Gasteiger partial charge is 0.246 e. The van der Waals surface area contributed by atoms with Crippen molar-refractivity contribution in [3.05, 3.63) is 90.3 Å². The molecule has 1 amide bonds. The number of carbonyl (C=O) groups excluding carboxylic acids is 1. The zero-order valence-corrected chi connectivity index (χ0v) is 14.6. The lowest BCUT2D eigenvalue weighted by Gasteiger charge is -2.19. The van der Waals surface area contributed by atoms with Crippen LogP contribution in [0, 0.1) is 0 Å². The van der Waals surface area contributed by atoms with Gasteiger partial charge < -0.3 is 10.1 Å². The summed E-state index contributed by atoms with van der Waals surface area (Å²) in [7, 11) is 1.60. The molecule has 0 radical (unpaired) electrons. The van der Waals surface area contributed by atoms with E-state index in [9.17, 15) is 4.79 Å². The number of pyridine rings is 1. The molecule has 3 rings (SSSR count). The van der Waals surface area contributed by atoms with Crippen LogP contribution in [0.15, 0.2) is 79.0 Å². The zero-order chi connectivity index (χ0) is 18.2. The van der Waals surface area contributed by atoms with Gasteiger partial charge in [0.25, 0.3) is 0 Å². The highest BCUT2D eigenvalue weighted by Gasteiger charge is 2.20. The van der Waals surface area contributed by atoms with Crippen LogP contribution < -0.4 is 15.4 Å². The quantitative estimate of drug-likeness (QED) is 0.686. The molecule has 26 heavy (non-hydrogen) atoms. The van der Waals surface area contributed by atoms with Gasteiger partial charge in [-0.05, 0) is 29.8 Å². The summed E-state index contributed by atoms with van der Waals surface area (Å²) < 4.78 is 5.21. The van der Waals surface area contributed by atoms with Gasteiger partial charge in [-0.3, -0.25) is 15.1 Å². The number of hydrogen-bond donors (Lipinski definition) is 2. The van der Waals surface area contributed by atoms with Crippen LogP contribution in [0.1, 0.15) is 17.3 Å². The molecule has 132 valence electrons. The average molecular weight is 347 g/mol. The second kappa shape index (κ2) is 8.78. The van der Waals surface area contributed by atoms with E-state index in [2.05, 4.69) is 15.6 Å². The highest BCUT2D eigenvalue weighted by atomic mass is 16.5. The first kappa shape index (κ1) is 17.6. The molecule has 3 aromatic rings. The zero-order valence-electron chi connectivity index (χ0n) is 14.6. The van der Waals surface area contributed by atoms with Crippen LogP contribution in [0.3, 0.4) is 0 Å². The molecule has 1 atom stereocenters. The van der Waals surface area contributed by atoms with E-state index in [1.807, 2.05) is 66.7 Å². The molecule has 1 aromatic heterocycles. The van der Waals surface area contributed by atoms with E-state index < -0.39 is 6.04 Å². The third-order valence-corrected chi connectivity index (χ3v) is 3.95. The number of benzene rings is 2. The Morgan fingerprint density at radius 1 is 1.04 bits per heavy atom. The molecule has 5 heteroatoms. The van der Waals surface area contributed by atoms with E-state index >= 15 is 0 Å². The van der Waals surface area contributed by atoms with E-state index in [1.165, 1.54) is 0 Å². The standard InChI is InChI=1S/C21H21N3O2/c1-26-19-12-7-11-17(14-19)24-21(25)20(16-8-3-2-4-9-16)23-15-18-10-5-6-13-22-18/h2-14,20,23H,15H2,1H3,(H,24,25)/t20-/m1/s1. The van der Waals surface area contributed by atoms with Crippen molar-refractivity contribution in [3.63, 3.8) is 0 Å². The van der Waals surface area contributed by atoms with Gasteiger partial charge in [-0.2, -0.15) is 0 Å². The minimum Gasteiger partial charge on any atom is -0.497 e. The fourth-order valence-corrected chi connectivity index (χ4v) is 2.63. The Morgan fingerprint density at radius 2 is 1.85 bits per heavy atom. The van der Waals surface area contributed by atoms with E-state index in [0.29, 0.717) is 18.0 Å². The topological polar surface area (TPSA) is 63.2 Å². The fourth-order valence-electron chi connectivity index (χ4n) is 2.63. The maximum Gasteiger partial charge on any atom is 0.246 e. The van der Waals surface area contributed by atoms with Gasteiger partial charge in [-0.1, -0.05) is 42.5 Å². The molecule has 5 nitrogen and oxygen atoms in total. The number of aromatic nitrogens is 1. The largest absolute Gasteiger partial charge is 0.497 e. The van der Waals surface area contributed by atoms with Gasteiger partial charge in [-0.25, -0.2) is 0 Å². The van der Waals surface area contributed by atoms with E-state index in [0.717, 1.165) is 11.3 Å². The van der Waals surface area contributed by atoms with Gasteiger partial charge >= 0.3 is 0 Å². The van der Waals surface area contributed by atoms with E-state index in [1.54, 1.807) is 19.4 Å². The van der Waals surface area contributed by atoms with Crippen LogP contribution in [0.4, 0.5) is 5.69 Å². The second-order valence-electron chi connectivity index (χ2n) is 5.77. The molecular weight excluding hydrogens is 326 g/mol. The van der Waals surface area contributed by atoms with Crippen LogP contribution in [0.5, 0.6) is 5.75 Å². The molecular formula is C21H21N3O2. The Labute approximate surface area is 153 Å². The lowest BCUT2D eigenvalue weighted by molar-refractivity contribution is -0.118. The number of hydrogen-bond acceptors (Lipinski definition) is 4. The third kappa shape index (κ3) is 4.68. The Morgan fingerprint density at radius 3 is 2.58 bits per heavy atom. The highest BCUT2D eigenvalue weighted by molar-refractivity contribution is 5.95. The van der Waals surface area contributed by atoms with Crippen molar-refractivity contribution in [1.82, 2.24) is 10.3 Å². The molecule has 0 saturated heterocycles. The predicted octanol–water partition coefficient (Wildman–Crippen LogP) is 3.56. The minimum atomic E-state index is -0.496. The van der Waals surface area contributed by atoms with Crippen molar-refractivity contribution in [1.29, 1.82) is 0 Å². The van der Waals surface area contributed by atoms with Crippen LogP contribution in [-0.4, -0.2) is 18.0 Å². The van der Waals surface area contributed by atoms with Crippen molar-refractivity contribution in [3.8, 4) is 5.75 Å². The van der Waals surface area contributed by atoms with Crippen LogP contribution >= 0.6 is 0 Å². The number of nitrogens with one attached hydrogen (secondary N) is 2. The monoisotopic (exact) mass is 347 g/mol. The summed E-state index contributed by atoms with van der Waals surface area (Å²) in [5, 5.41) is 6.24. The molecule has 0 aliphatic carbocycles. The molecule has 0 aliphatic heterocycles. The average Bonchev–Trinajstić information content (AvgIpc) is 2.70. The number of amides is 1. The summed E-state index contributed by atoms with van der Waals surface area (Å²) >= 11 is 0. The Balaban J connectivity index is 1.76. The first-order chi connectivity index (χ1) is 12.8. The molecule has 0 spiro atoms. The Kier molecular flexibility index (Phi) is 5.96. The summed E-state index contributed by atoms with van der Waals surface area (Å²) in [6, 6.07) is 22.2. The second-order valence-corrected chi connectivity index (χ2v) is 5.77. The molecule has 0 fully saturated rings. The molecule has 0 saturated carbocycles. The van der Waals surface area contributed by atoms with Crippen molar-refractivity contribution in [2.75, 3.05) is 12.4 Å². The van der Waals surface area contributed by atoms with E-state index in [-0.39, 0.29) is 5.91 Å². The minimum absolute atomic E-state index is 0.139. The lowest BCUT2D eigenvalue weighted by Crippen LogP contribution is -2.33. The summed E-state index contributed by atoms with van der Waals surface area (Å²) in [5.74, 6) is 0.556. The van der Waals surface area contributed by atoms with Gasteiger partial charge in [-0.15, -0.1) is 0 Å². The third-order valence-electron chi connectivity index (χ3n) is 3.95. The SMILES string of the molecule is COc1cccc(NC(=O)[C@H](NCc2ccccn2)c2ccccc2)c1. The summed E-state index contributed by atoms with van der Waals surface area (Å²) in [4.78, 5) is 17.2. The van der Waals surface area contributed by atoms with Crippen molar-refractivity contribution in [2.45, 2.75) is 12.6 Å². The molecule has 2 aromatic carbocycles. The molecule has 1 heterocycles. The van der Waals surface area contributed by atoms with Crippen molar-refractivity contribution in [2.24, 2.45) is 0 Å². The van der Waals surface area contributed by atoms with Crippen LogP contribution in [-0.2, 0) is 11.3 Å². The Hall–Kier alpha value is -3.18. The van der Waals surface area contributed by atoms with Gasteiger partial charge in [0.15, 0.2) is 0 Å². The number of nitrogens with zero attached hydrogens (tertiary/aromatic N) is 1. The van der Waals surface area contributed by atoms with Crippen molar-refractivity contribution < 1.29 is 9.53 Å². The number of rotatable bonds is 7. The molecule has 0 aliphatic rings. The summed E-state index contributed by atoms with van der Waals surface area (Å²) in [6.45, 7) is 0.492. The summed E-state index contributed by atoms with van der Waals surface area (Å²) in [6.07, 6.45) is 1.74. The highest BCUT2D eigenvalue weighted by Crippen LogP contribution is 2.20. The maximum atomic E-state index is 12.9. The van der Waals surface area contributed by atoms with Crippen molar-refractivity contribution >= 4 is 11.6 Å². The molecule has 0 bridgehead atoms. The fraction of sp³-hybridized carbons (Fsp3) is 0.143. The number of carbonyl (C=O) groups is 1. The van der Waals surface area contributed by atoms with Gasteiger partial charge in [0.2, 0.25) is 5.91 Å². The van der Waals surface area contributed by atoms with Gasteiger partial charge in [0, 0.05) is 24.5 Å². The van der Waals surface area contributed by atoms with Crippen LogP contribution in [0.25, 0.3) is 0 Å². The normalized spacial score (nSPS) is 11.6. The molecule has 2 N–H and O–H groups in total. The first-order valence-corrected chi connectivity index (χ1v) is 8.39. The van der Waals surface area contributed by atoms with E-state index in [4.69, 9.17) is 4.74 Å². The molecule has 0 unspecified atom stereocenters. The predicted molar refractivity (Wildman–Crippen MR) is 102 cm³/mol. The first-order valence-electron chi connectivity index (χ1n) is 8.39. The number of anilines is 1. The lowest BCUT2D eigenvalue weighted by atomic mass is 10.1. The van der Waals surface area contributed by atoms with Gasteiger partial charge in [0.1, 0.15) is 11.8 Å². The van der Waals surface area contributed by atoms with Gasteiger partial charge in [0.05, 0.1) is 12.8 Å². The number of methoxy groups -OCH3 is 1. The Bertz CT molecular complexity index is 838. The number of ether oxygens (including phenoxy) is 1.